The monoisotopic (exact) mass is 435 g/mol. The number of amides is 2. The molecule has 2 heterocycles. The van der Waals surface area contributed by atoms with Crippen LogP contribution in [-0.4, -0.2) is 48.1 Å². The average molecular weight is 436 g/mol. The van der Waals surface area contributed by atoms with Crippen LogP contribution < -0.4 is 16.0 Å². The van der Waals surface area contributed by atoms with Crippen LogP contribution in [0.4, 0.5) is 10.6 Å². The van der Waals surface area contributed by atoms with Gasteiger partial charge in [0.25, 0.3) is 0 Å². The number of rotatable bonds is 7. The minimum atomic E-state index is -0.140. The summed E-state index contributed by atoms with van der Waals surface area (Å²) in [6.07, 6.45) is 3.45. The third kappa shape index (κ3) is 6.77. The van der Waals surface area contributed by atoms with Crippen molar-refractivity contribution in [2.24, 2.45) is 0 Å². The Morgan fingerprint density at radius 3 is 2.69 bits per heavy atom. The summed E-state index contributed by atoms with van der Waals surface area (Å²) < 4.78 is 0. The van der Waals surface area contributed by atoms with E-state index in [1.165, 1.54) is 17.3 Å². The Morgan fingerprint density at radius 2 is 1.97 bits per heavy atom. The molecule has 2 amide bonds. The van der Waals surface area contributed by atoms with Crippen LogP contribution in [0.25, 0.3) is 0 Å². The number of nitrogens with zero attached hydrogens (tertiary/aromatic N) is 2. The van der Waals surface area contributed by atoms with Gasteiger partial charge in [-0.3, -0.25) is 4.90 Å². The Hall–Kier alpha value is -2.02. The summed E-state index contributed by atoms with van der Waals surface area (Å²) in [5, 5.41) is 9.96. The van der Waals surface area contributed by atoms with Gasteiger partial charge in [0.1, 0.15) is 5.82 Å². The van der Waals surface area contributed by atoms with E-state index >= 15 is 0 Å². The van der Waals surface area contributed by atoms with Crippen molar-refractivity contribution < 1.29 is 4.79 Å². The zero-order valence-electron chi connectivity index (χ0n) is 16.5. The summed E-state index contributed by atoms with van der Waals surface area (Å²) in [7, 11) is 0. The summed E-state index contributed by atoms with van der Waals surface area (Å²) in [6.45, 7) is 6.09. The second-order valence-electron chi connectivity index (χ2n) is 7.29. The number of aromatic nitrogens is 1. The van der Waals surface area contributed by atoms with Crippen LogP contribution in [0.5, 0.6) is 0 Å². The summed E-state index contributed by atoms with van der Waals surface area (Å²) in [5.41, 5.74) is 2.70. The number of carbonyl (C=O) groups is 1. The van der Waals surface area contributed by atoms with Crippen molar-refractivity contribution in [1.82, 2.24) is 20.5 Å². The van der Waals surface area contributed by atoms with Crippen LogP contribution in [0, 0.1) is 6.92 Å². The first kappa shape index (κ1) is 21.7. The fraction of sp³-hybridized carbons (Fsp3) is 0.429. The van der Waals surface area contributed by atoms with Crippen molar-refractivity contribution in [2.45, 2.75) is 32.4 Å². The van der Waals surface area contributed by atoms with Crippen LogP contribution in [0.3, 0.4) is 0 Å². The Balaban J connectivity index is 1.32. The van der Waals surface area contributed by atoms with Gasteiger partial charge in [0.2, 0.25) is 0 Å². The van der Waals surface area contributed by atoms with Crippen molar-refractivity contribution in [2.75, 3.05) is 31.5 Å². The number of benzene rings is 1. The maximum atomic E-state index is 12.1. The number of anilines is 1. The molecular weight excluding hydrogens is 409 g/mol. The van der Waals surface area contributed by atoms with Crippen LogP contribution >= 0.6 is 23.2 Å². The van der Waals surface area contributed by atoms with Gasteiger partial charge in [-0.2, -0.15) is 0 Å². The Kier molecular flexibility index (Phi) is 7.98. The van der Waals surface area contributed by atoms with Gasteiger partial charge >= 0.3 is 6.03 Å². The normalized spacial score (nSPS) is 15.1. The van der Waals surface area contributed by atoms with E-state index in [9.17, 15) is 4.79 Å². The van der Waals surface area contributed by atoms with E-state index in [4.69, 9.17) is 23.2 Å². The number of piperidine rings is 1. The molecule has 1 aliphatic heterocycles. The van der Waals surface area contributed by atoms with E-state index in [2.05, 4.69) is 57.0 Å². The molecule has 2 aromatic rings. The molecule has 156 valence electrons. The van der Waals surface area contributed by atoms with Crippen LogP contribution in [-0.2, 0) is 6.54 Å². The van der Waals surface area contributed by atoms with Crippen LogP contribution in [0.2, 0.25) is 10.0 Å². The Morgan fingerprint density at radius 1 is 1.21 bits per heavy atom. The minimum absolute atomic E-state index is 0.140. The number of hydrogen-bond donors (Lipinski definition) is 3. The number of carbonyl (C=O) groups excluding carboxylic acids is 1. The molecule has 0 bridgehead atoms. The number of nitrogens with one attached hydrogen (secondary N) is 3. The summed E-state index contributed by atoms with van der Waals surface area (Å²) in [6, 6.07) is 10.2. The molecule has 29 heavy (non-hydrogen) atoms. The highest BCUT2D eigenvalue weighted by Crippen LogP contribution is 2.22. The highest BCUT2D eigenvalue weighted by Gasteiger charge is 2.20. The Bertz CT molecular complexity index is 824. The standard InChI is InChI=1S/C21H27Cl2N5O/c1-15-4-2-3-5-16(15)14-28-10-6-18(7-11-28)27-21(29)25-9-8-24-20-19(23)12-17(22)13-26-20/h2-5,12-13,18H,6-11,14H2,1H3,(H,24,26)(H2,25,27,29). The van der Waals surface area contributed by atoms with E-state index in [-0.39, 0.29) is 12.1 Å². The topological polar surface area (TPSA) is 69.3 Å². The van der Waals surface area contributed by atoms with Gasteiger partial charge in [0.15, 0.2) is 0 Å². The predicted molar refractivity (Wildman–Crippen MR) is 119 cm³/mol. The fourth-order valence-corrected chi connectivity index (χ4v) is 3.85. The lowest BCUT2D eigenvalue weighted by molar-refractivity contribution is 0.186. The first-order chi connectivity index (χ1) is 14.0. The lowest BCUT2D eigenvalue weighted by Gasteiger charge is -2.32. The summed E-state index contributed by atoms with van der Waals surface area (Å²) >= 11 is 11.9. The predicted octanol–water partition coefficient (Wildman–Crippen LogP) is 4.07. The first-order valence-corrected chi connectivity index (χ1v) is 10.6. The summed E-state index contributed by atoms with van der Waals surface area (Å²) in [5.74, 6) is 0.555. The molecule has 1 aromatic carbocycles. The molecule has 0 aliphatic carbocycles. The highest BCUT2D eigenvalue weighted by molar-refractivity contribution is 6.35. The molecule has 1 aliphatic rings. The highest BCUT2D eigenvalue weighted by atomic mass is 35.5. The van der Waals surface area contributed by atoms with Crippen molar-refractivity contribution in [3.8, 4) is 0 Å². The number of hydrogen-bond acceptors (Lipinski definition) is 4. The molecule has 1 fully saturated rings. The lowest BCUT2D eigenvalue weighted by atomic mass is 10.0. The van der Waals surface area contributed by atoms with Gasteiger partial charge in [0.05, 0.1) is 10.0 Å². The molecule has 3 N–H and O–H groups in total. The summed E-state index contributed by atoms with van der Waals surface area (Å²) in [4.78, 5) is 18.7. The number of pyridine rings is 1. The van der Waals surface area contributed by atoms with Gasteiger partial charge in [-0.1, -0.05) is 47.5 Å². The van der Waals surface area contributed by atoms with Crippen molar-refractivity contribution in [1.29, 1.82) is 0 Å². The number of aryl methyl sites for hydroxylation is 1. The quantitative estimate of drug-likeness (QED) is 0.573. The third-order valence-corrected chi connectivity index (χ3v) is 5.58. The van der Waals surface area contributed by atoms with Crippen molar-refractivity contribution >= 4 is 35.1 Å². The van der Waals surface area contributed by atoms with Gasteiger partial charge < -0.3 is 16.0 Å². The fourth-order valence-electron chi connectivity index (χ4n) is 3.40. The maximum Gasteiger partial charge on any atom is 0.315 e. The molecule has 0 radical (unpaired) electrons. The number of halogens is 2. The average Bonchev–Trinajstić information content (AvgIpc) is 2.70. The molecule has 6 nitrogen and oxygen atoms in total. The van der Waals surface area contributed by atoms with Crippen molar-refractivity contribution in [3.63, 3.8) is 0 Å². The Labute approximate surface area is 182 Å². The molecule has 0 unspecified atom stereocenters. The lowest BCUT2D eigenvalue weighted by Crippen LogP contribution is -2.48. The second-order valence-corrected chi connectivity index (χ2v) is 8.13. The van der Waals surface area contributed by atoms with Crippen LogP contribution in [0.15, 0.2) is 36.5 Å². The molecule has 0 saturated carbocycles. The van der Waals surface area contributed by atoms with E-state index in [1.54, 1.807) is 6.07 Å². The van der Waals surface area contributed by atoms with Gasteiger partial charge in [-0.25, -0.2) is 9.78 Å². The van der Waals surface area contributed by atoms with Crippen molar-refractivity contribution in [3.05, 3.63) is 57.7 Å². The largest absolute Gasteiger partial charge is 0.367 e. The molecular formula is C21H27Cl2N5O. The zero-order valence-corrected chi connectivity index (χ0v) is 18.1. The van der Waals surface area contributed by atoms with Gasteiger partial charge in [-0.15, -0.1) is 0 Å². The number of urea groups is 1. The maximum absolute atomic E-state index is 12.1. The molecule has 0 spiro atoms. The van der Waals surface area contributed by atoms with E-state index in [0.29, 0.717) is 29.0 Å². The molecule has 0 atom stereocenters. The van der Waals surface area contributed by atoms with E-state index < -0.39 is 0 Å². The van der Waals surface area contributed by atoms with Gasteiger partial charge in [0, 0.05) is 45.0 Å². The van der Waals surface area contributed by atoms with E-state index in [0.717, 1.165) is 32.5 Å². The second kappa shape index (κ2) is 10.7. The molecule has 1 saturated heterocycles. The van der Waals surface area contributed by atoms with Gasteiger partial charge in [-0.05, 0) is 37.0 Å². The van der Waals surface area contributed by atoms with Crippen LogP contribution in [0.1, 0.15) is 24.0 Å². The third-order valence-electron chi connectivity index (χ3n) is 5.09. The van der Waals surface area contributed by atoms with E-state index in [1.807, 2.05) is 0 Å². The molecule has 8 heteroatoms. The minimum Gasteiger partial charge on any atom is -0.367 e. The molecule has 1 aromatic heterocycles. The molecule has 3 rings (SSSR count). The SMILES string of the molecule is Cc1ccccc1CN1CCC(NC(=O)NCCNc2ncc(Cl)cc2Cl)CC1. The number of likely N-dealkylation sites (tertiary alicyclic amines) is 1. The first-order valence-electron chi connectivity index (χ1n) is 9.87. The smallest absolute Gasteiger partial charge is 0.315 e. The zero-order chi connectivity index (χ0) is 20.6.